The number of aryl methyl sites for hydroxylation is 1. The molecule has 1 amide bonds. The van der Waals surface area contributed by atoms with Crippen molar-refractivity contribution >= 4 is 32.5 Å². The molecule has 0 unspecified atom stereocenters. The third kappa shape index (κ3) is 5.68. The second kappa shape index (κ2) is 8.80. The van der Waals surface area contributed by atoms with Gasteiger partial charge < -0.3 is 9.88 Å². The van der Waals surface area contributed by atoms with E-state index in [-0.39, 0.29) is 24.1 Å². The van der Waals surface area contributed by atoms with Crippen LogP contribution in [0.4, 0.5) is 5.69 Å². The molecule has 0 atom stereocenters. The van der Waals surface area contributed by atoms with E-state index in [0.29, 0.717) is 17.8 Å². The van der Waals surface area contributed by atoms with Crippen molar-refractivity contribution in [3.8, 4) is 0 Å². The van der Waals surface area contributed by atoms with Crippen LogP contribution in [-0.4, -0.2) is 25.4 Å². The van der Waals surface area contributed by atoms with Crippen molar-refractivity contribution in [2.75, 3.05) is 11.9 Å². The zero-order valence-corrected chi connectivity index (χ0v) is 17.8. The van der Waals surface area contributed by atoms with Gasteiger partial charge in [-0.2, -0.15) is 0 Å². The van der Waals surface area contributed by atoms with E-state index in [0.717, 1.165) is 16.6 Å². The number of anilines is 1. The predicted molar refractivity (Wildman–Crippen MR) is 117 cm³/mol. The molecular weight excluding hydrogens is 386 g/mol. The molecule has 0 radical (unpaired) electrons. The summed E-state index contributed by atoms with van der Waals surface area (Å²) < 4.78 is 29.0. The maximum Gasteiger partial charge on any atom is 0.244 e. The fraction of sp³-hybridized carbons (Fsp3) is 0.318. The number of amides is 1. The monoisotopic (exact) mass is 413 g/mol. The smallest absolute Gasteiger partial charge is 0.244 e. The van der Waals surface area contributed by atoms with Crippen LogP contribution in [0, 0.1) is 12.8 Å². The van der Waals surface area contributed by atoms with Gasteiger partial charge in [0.05, 0.1) is 5.75 Å². The Morgan fingerprint density at radius 2 is 1.83 bits per heavy atom. The van der Waals surface area contributed by atoms with Gasteiger partial charge in [0.2, 0.25) is 15.9 Å². The summed E-state index contributed by atoms with van der Waals surface area (Å²) in [5, 5.41) is 3.97. The highest BCUT2D eigenvalue weighted by molar-refractivity contribution is 7.88. The number of sulfonamides is 1. The second-order valence-electron chi connectivity index (χ2n) is 7.68. The summed E-state index contributed by atoms with van der Waals surface area (Å²) in [6, 6.07) is 16.9. The number of fused-ring (bicyclic) bond motifs is 1. The molecule has 0 saturated heterocycles. The number of hydrogen-bond donors (Lipinski definition) is 2. The maximum absolute atomic E-state index is 12.6. The molecule has 3 aromatic rings. The van der Waals surface area contributed by atoms with E-state index in [1.54, 1.807) is 24.3 Å². The summed E-state index contributed by atoms with van der Waals surface area (Å²) in [4.78, 5) is 12.6. The Bertz CT molecular complexity index is 1120. The van der Waals surface area contributed by atoms with E-state index in [4.69, 9.17) is 0 Å². The Kier molecular flexibility index (Phi) is 6.39. The SMILES string of the molecule is Cc1cc2ccccc2n1CC(=O)Nc1cccc(CS(=O)(=O)NCC(C)C)c1. The van der Waals surface area contributed by atoms with Crippen LogP contribution in [0.25, 0.3) is 10.9 Å². The number of aromatic nitrogens is 1. The molecule has 0 aliphatic heterocycles. The Balaban J connectivity index is 1.68. The normalized spacial score (nSPS) is 11.9. The first-order valence-electron chi connectivity index (χ1n) is 9.64. The minimum atomic E-state index is -3.41. The molecular formula is C22H27N3O3S. The standard InChI is InChI=1S/C22H27N3O3S/c1-16(2)13-23-29(27,28)15-18-7-6-9-20(12-18)24-22(26)14-25-17(3)11-19-8-4-5-10-21(19)25/h4-12,16,23H,13-15H2,1-3H3,(H,24,26). The van der Waals surface area contributed by atoms with Gasteiger partial charge in [-0.1, -0.05) is 44.2 Å². The molecule has 2 aromatic carbocycles. The lowest BCUT2D eigenvalue weighted by atomic mass is 10.2. The predicted octanol–water partition coefficient (Wildman–Crippen LogP) is 3.66. The molecule has 0 aliphatic rings. The zero-order valence-electron chi connectivity index (χ0n) is 17.0. The molecule has 1 aromatic heterocycles. The first-order chi connectivity index (χ1) is 13.7. The van der Waals surface area contributed by atoms with Crippen molar-refractivity contribution in [2.24, 2.45) is 5.92 Å². The average Bonchev–Trinajstić information content (AvgIpc) is 2.95. The molecule has 29 heavy (non-hydrogen) atoms. The molecule has 2 N–H and O–H groups in total. The molecule has 0 aliphatic carbocycles. The Morgan fingerprint density at radius 1 is 1.07 bits per heavy atom. The lowest BCUT2D eigenvalue weighted by Crippen LogP contribution is -2.28. The highest BCUT2D eigenvalue weighted by atomic mass is 32.2. The number of carbonyl (C=O) groups excluding carboxylic acids is 1. The van der Waals surface area contributed by atoms with E-state index in [1.165, 1.54) is 0 Å². The molecule has 154 valence electrons. The van der Waals surface area contributed by atoms with Crippen molar-refractivity contribution < 1.29 is 13.2 Å². The van der Waals surface area contributed by atoms with Gasteiger partial charge in [-0.25, -0.2) is 13.1 Å². The zero-order chi connectivity index (χ0) is 21.0. The van der Waals surface area contributed by atoms with Gasteiger partial charge in [-0.15, -0.1) is 0 Å². The molecule has 0 spiro atoms. The van der Waals surface area contributed by atoms with Crippen molar-refractivity contribution in [3.05, 3.63) is 65.9 Å². The fourth-order valence-corrected chi connectivity index (χ4v) is 4.51. The minimum Gasteiger partial charge on any atom is -0.335 e. The quantitative estimate of drug-likeness (QED) is 0.591. The Morgan fingerprint density at radius 3 is 2.59 bits per heavy atom. The van der Waals surface area contributed by atoms with Gasteiger partial charge in [-0.3, -0.25) is 4.79 Å². The van der Waals surface area contributed by atoms with Crippen LogP contribution in [0.5, 0.6) is 0 Å². The van der Waals surface area contributed by atoms with E-state index in [1.807, 2.05) is 49.6 Å². The van der Waals surface area contributed by atoms with Crippen molar-refractivity contribution in [1.29, 1.82) is 0 Å². The summed E-state index contributed by atoms with van der Waals surface area (Å²) in [5.74, 6) is -0.0406. The van der Waals surface area contributed by atoms with Gasteiger partial charge in [0.15, 0.2) is 0 Å². The number of hydrogen-bond acceptors (Lipinski definition) is 3. The molecule has 3 rings (SSSR count). The summed E-state index contributed by atoms with van der Waals surface area (Å²) in [7, 11) is -3.41. The van der Waals surface area contributed by atoms with Crippen LogP contribution in [0.15, 0.2) is 54.6 Å². The highest BCUT2D eigenvalue weighted by Gasteiger charge is 2.13. The van der Waals surface area contributed by atoms with Crippen LogP contribution >= 0.6 is 0 Å². The van der Waals surface area contributed by atoms with Gasteiger partial charge >= 0.3 is 0 Å². The largest absolute Gasteiger partial charge is 0.335 e. The summed E-state index contributed by atoms with van der Waals surface area (Å²) >= 11 is 0. The minimum absolute atomic E-state index is 0.120. The number of nitrogens with zero attached hydrogens (tertiary/aromatic N) is 1. The number of nitrogens with one attached hydrogen (secondary N) is 2. The van der Waals surface area contributed by atoms with E-state index < -0.39 is 10.0 Å². The van der Waals surface area contributed by atoms with Gasteiger partial charge in [0, 0.05) is 23.4 Å². The maximum atomic E-state index is 12.6. The Hall–Kier alpha value is -2.64. The van der Waals surface area contributed by atoms with E-state index in [2.05, 4.69) is 16.1 Å². The molecule has 0 saturated carbocycles. The van der Waals surface area contributed by atoms with E-state index in [9.17, 15) is 13.2 Å². The molecule has 6 nitrogen and oxygen atoms in total. The lowest BCUT2D eigenvalue weighted by Gasteiger charge is -2.11. The summed E-state index contributed by atoms with van der Waals surface area (Å²) in [5.41, 5.74) is 3.23. The van der Waals surface area contributed by atoms with Crippen LogP contribution in [0.2, 0.25) is 0 Å². The highest BCUT2D eigenvalue weighted by Crippen LogP contribution is 2.19. The number of para-hydroxylation sites is 1. The molecule has 0 bridgehead atoms. The van der Waals surface area contributed by atoms with Crippen LogP contribution in [-0.2, 0) is 27.1 Å². The third-order valence-electron chi connectivity index (χ3n) is 4.60. The number of carbonyl (C=O) groups is 1. The van der Waals surface area contributed by atoms with Crippen molar-refractivity contribution in [3.63, 3.8) is 0 Å². The van der Waals surface area contributed by atoms with Crippen molar-refractivity contribution in [2.45, 2.75) is 33.1 Å². The second-order valence-corrected chi connectivity index (χ2v) is 9.49. The lowest BCUT2D eigenvalue weighted by molar-refractivity contribution is -0.116. The van der Waals surface area contributed by atoms with Crippen LogP contribution < -0.4 is 10.0 Å². The van der Waals surface area contributed by atoms with Crippen molar-refractivity contribution in [1.82, 2.24) is 9.29 Å². The van der Waals surface area contributed by atoms with E-state index >= 15 is 0 Å². The topological polar surface area (TPSA) is 80.2 Å². The summed E-state index contributed by atoms with van der Waals surface area (Å²) in [6.45, 7) is 6.48. The number of benzene rings is 2. The van der Waals surface area contributed by atoms with Gasteiger partial charge in [0.25, 0.3) is 0 Å². The van der Waals surface area contributed by atoms with Crippen LogP contribution in [0.1, 0.15) is 25.1 Å². The van der Waals surface area contributed by atoms with Gasteiger partial charge in [-0.05, 0) is 48.1 Å². The first kappa shape index (κ1) is 21.1. The first-order valence-corrected chi connectivity index (χ1v) is 11.3. The number of rotatable bonds is 8. The van der Waals surface area contributed by atoms with Gasteiger partial charge in [0.1, 0.15) is 6.54 Å². The fourth-order valence-electron chi connectivity index (χ4n) is 3.21. The van der Waals surface area contributed by atoms with Crippen LogP contribution in [0.3, 0.4) is 0 Å². The molecule has 0 fully saturated rings. The third-order valence-corrected chi connectivity index (χ3v) is 5.92. The summed E-state index contributed by atoms with van der Waals surface area (Å²) in [6.07, 6.45) is 0. The molecule has 1 heterocycles. The molecule has 7 heteroatoms. The average molecular weight is 414 g/mol. The Labute approximate surface area is 172 Å².